The Morgan fingerprint density at radius 2 is 2.10 bits per heavy atom. The molecule has 0 amide bonds. The van der Waals surface area contributed by atoms with Crippen LogP contribution in [0.25, 0.3) is 0 Å². The van der Waals surface area contributed by atoms with Gasteiger partial charge in [0, 0.05) is 26.7 Å². The van der Waals surface area contributed by atoms with E-state index in [4.69, 9.17) is 4.74 Å². The van der Waals surface area contributed by atoms with Crippen molar-refractivity contribution in [2.45, 2.75) is 26.4 Å². The molecule has 1 rings (SSSR count). The number of hydrogen-bond donors (Lipinski definition) is 1. The summed E-state index contributed by atoms with van der Waals surface area (Å²) in [5, 5.41) is 3.19. The predicted octanol–water partition coefficient (Wildman–Crippen LogP) is 3.13. The van der Waals surface area contributed by atoms with E-state index < -0.39 is 0 Å². The van der Waals surface area contributed by atoms with Gasteiger partial charge in [-0.1, -0.05) is 13.0 Å². The molecule has 0 aliphatic carbocycles. The van der Waals surface area contributed by atoms with Crippen LogP contribution in [-0.4, -0.2) is 44.1 Å². The summed E-state index contributed by atoms with van der Waals surface area (Å²) in [7, 11) is 3.88. The molecule has 0 saturated carbocycles. The van der Waals surface area contributed by atoms with Crippen LogP contribution in [0.2, 0.25) is 0 Å². The number of aliphatic imine (C=N–C) groups is 1. The number of nitrogens with zero attached hydrogens (tertiary/aromatic N) is 2. The van der Waals surface area contributed by atoms with Gasteiger partial charge in [0.25, 0.3) is 0 Å². The summed E-state index contributed by atoms with van der Waals surface area (Å²) in [6, 6.07) is 6.20. The van der Waals surface area contributed by atoms with E-state index >= 15 is 0 Å². The topological polar surface area (TPSA) is 36.9 Å². The molecule has 6 heteroatoms. The zero-order chi connectivity index (χ0) is 15.0. The minimum absolute atomic E-state index is 0. The normalized spacial score (nSPS) is 12.3. The van der Waals surface area contributed by atoms with E-state index in [1.54, 1.807) is 12.1 Å². The van der Waals surface area contributed by atoms with Crippen LogP contribution in [-0.2, 0) is 0 Å². The second-order valence-corrected chi connectivity index (χ2v) is 4.69. The lowest BCUT2D eigenvalue weighted by Gasteiger charge is -2.19. The Labute approximate surface area is 143 Å². The quantitative estimate of drug-likeness (QED) is 0.446. The summed E-state index contributed by atoms with van der Waals surface area (Å²) in [6.45, 7) is 5.41. The highest BCUT2D eigenvalue weighted by Gasteiger charge is 2.09. The minimum Gasteiger partial charge on any atom is -0.488 e. The smallest absolute Gasteiger partial charge is 0.193 e. The average molecular weight is 409 g/mol. The van der Waals surface area contributed by atoms with Crippen LogP contribution >= 0.6 is 24.0 Å². The molecule has 1 aromatic rings. The lowest BCUT2D eigenvalue weighted by molar-refractivity contribution is 0.204. The highest BCUT2D eigenvalue weighted by atomic mass is 127. The van der Waals surface area contributed by atoms with Crippen molar-refractivity contribution in [3.8, 4) is 5.75 Å². The molecule has 120 valence electrons. The van der Waals surface area contributed by atoms with E-state index in [9.17, 15) is 4.39 Å². The fraction of sp³-hybridized carbons (Fsp3) is 0.533. The summed E-state index contributed by atoms with van der Waals surface area (Å²) in [5.74, 6) is 1.08. The van der Waals surface area contributed by atoms with Crippen LogP contribution in [0.5, 0.6) is 5.75 Å². The van der Waals surface area contributed by atoms with E-state index in [0.29, 0.717) is 12.3 Å². The Morgan fingerprint density at radius 1 is 1.38 bits per heavy atom. The van der Waals surface area contributed by atoms with Crippen LogP contribution in [0.4, 0.5) is 4.39 Å². The summed E-state index contributed by atoms with van der Waals surface area (Å²) in [4.78, 5) is 6.44. The van der Waals surface area contributed by atoms with Crippen LogP contribution < -0.4 is 10.1 Å². The molecule has 0 saturated heterocycles. The number of rotatable bonds is 6. The van der Waals surface area contributed by atoms with Crippen molar-refractivity contribution in [2.24, 2.45) is 4.99 Å². The third kappa shape index (κ3) is 7.50. The van der Waals surface area contributed by atoms with E-state index in [-0.39, 0.29) is 35.9 Å². The summed E-state index contributed by atoms with van der Waals surface area (Å²) in [6.07, 6.45) is 0.748. The number of halogens is 2. The van der Waals surface area contributed by atoms with Crippen molar-refractivity contribution in [3.05, 3.63) is 30.1 Å². The number of ether oxygens (including phenoxy) is 1. The summed E-state index contributed by atoms with van der Waals surface area (Å²) in [5.41, 5.74) is 0. The third-order valence-electron chi connectivity index (χ3n) is 2.76. The maximum Gasteiger partial charge on any atom is 0.193 e. The lowest BCUT2D eigenvalue weighted by atomic mass is 10.2. The molecule has 0 aromatic heterocycles. The van der Waals surface area contributed by atoms with Gasteiger partial charge in [-0.2, -0.15) is 0 Å². The second-order valence-electron chi connectivity index (χ2n) is 4.69. The maximum atomic E-state index is 13.1. The monoisotopic (exact) mass is 409 g/mol. The Balaban J connectivity index is 0.00000400. The third-order valence-corrected chi connectivity index (χ3v) is 2.76. The van der Waals surface area contributed by atoms with Gasteiger partial charge in [-0.15, -0.1) is 24.0 Å². The first-order chi connectivity index (χ1) is 9.56. The van der Waals surface area contributed by atoms with Crippen molar-refractivity contribution >= 4 is 29.9 Å². The van der Waals surface area contributed by atoms with Crippen molar-refractivity contribution < 1.29 is 9.13 Å². The van der Waals surface area contributed by atoms with E-state index in [1.165, 1.54) is 12.1 Å². The zero-order valence-electron chi connectivity index (χ0n) is 13.1. The molecule has 4 nitrogen and oxygen atoms in total. The van der Waals surface area contributed by atoms with Crippen molar-refractivity contribution in [2.75, 3.05) is 27.2 Å². The standard InChI is InChI=1S/C15H24FN3O.HI/c1-5-13(11-18-15(17-6-2)19(3)4)20-14-9-7-8-12(16)10-14;/h7-10,13H,5-6,11H2,1-4H3,(H,17,18);1H. The van der Waals surface area contributed by atoms with Gasteiger partial charge >= 0.3 is 0 Å². The van der Waals surface area contributed by atoms with Gasteiger partial charge in [-0.3, -0.25) is 0 Å². The molecule has 1 N–H and O–H groups in total. The molecule has 0 radical (unpaired) electrons. The molecule has 1 aromatic carbocycles. The molecule has 0 spiro atoms. The van der Waals surface area contributed by atoms with E-state index in [1.807, 2.05) is 32.8 Å². The van der Waals surface area contributed by atoms with Gasteiger partial charge in [0.15, 0.2) is 5.96 Å². The molecule has 1 unspecified atom stereocenters. The van der Waals surface area contributed by atoms with Crippen LogP contribution in [0.3, 0.4) is 0 Å². The number of guanidine groups is 1. The summed E-state index contributed by atoms with van der Waals surface area (Å²) < 4.78 is 18.9. The summed E-state index contributed by atoms with van der Waals surface area (Å²) >= 11 is 0. The van der Waals surface area contributed by atoms with Crippen LogP contribution in [0.15, 0.2) is 29.3 Å². The first-order valence-electron chi connectivity index (χ1n) is 6.94. The predicted molar refractivity (Wildman–Crippen MR) is 96.2 cm³/mol. The minimum atomic E-state index is -0.289. The molecule has 0 aliphatic rings. The van der Waals surface area contributed by atoms with Crippen LogP contribution in [0.1, 0.15) is 20.3 Å². The van der Waals surface area contributed by atoms with Crippen molar-refractivity contribution in [1.29, 1.82) is 0 Å². The largest absolute Gasteiger partial charge is 0.488 e. The van der Waals surface area contributed by atoms with Crippen molar-refractivity contribution in [3.63, 3.8) is 0 Å². The van der Waals surface area contributed by atoms with Crippen LogP contribution in [0, 0.1) is 5.82 Å². The van der Waals surface area contributed by atoms with Gasteiger partial charge in [0.05, 0.1) is 6.54 Å². The highest BCUT2D eigenvalue weighted by molar-refractivity contribution is 14.0. The van der Waals surface area contributed by atoms with E-state index in [0.717, 1.165) is 18.9 Å². The van der Waals surface area contributed by atoms with Crippen molar-refractivity contribution in [1.82, 2.24) is 10.2 Å². The van der Waals surface area contributed by atoms with Gasteiger partial charge in [-0.05, 0) is 25.5 Å². The Kier molecular flexibility index (Phi) is 10.1. The Morgan fingerprint density at radius 3 is 2.62 bits per heavy atom. The maximum absolute atomic E-state index is 13.1. The highest BCUT2D eigenvalue weighted by Crippen LogP contribution is 2.15. The molecule has 0 heterocycles. The van der Waals surface area contributed by atoms with Gasteiger partial charge < -0.3 is 15.0 Å². The average Bonchev–Trinajstić information content (AvgIpc) is 2.41. The molecule has 1 atom stereocenters. The Hall–Kier alpha value is -1.05. The fourth-order valence-electron chi connectivity index (χ4n) is 1.68. The Bertz CT molecular complexity index is 441. The molecule has 0 bridgehead atoms. The molecular formula is C15H25FIN3O. The number of hydrogen-bond acceptors (Lipinski definition) is 2. The van der Waals surface area contributed by atoms with Gasteiger partial charge in [0.1, 0.15) is 17.7 Å². The fourth-order valence-corrected chi connectivity index (χ4v) is 1.68. The first kappa shape index (κ1) is 19.9. The second kappa shape index (κ2) is 10.6. The molecular weight excluding hydrogens is 384 g/mol. The first-order valence-corrected chi connectivity index (χ1v) is 6.94. The lowest BCUT2D eigenvalue weighted by Crippen LogP contribution is -2.37. The zero-order valence-corrected chi connectivity index (χ0v) is 15.4. The molecule has 0 aliphatic heterocycles. The van der Waals surface area contributed by atoms with E-state index in [2.05, 4.69) is 10.3 Å². The van der Waals surface area contributed by atoms with Gasteiger partial charge in [0.2, 0.25) is 0 Å². The van der Waals surface area contributed by atoms with Gasteiger partial charge in [-0.25, -0.2) is 9.38 Å². The SMILES string of the molecule is CCNC(=NCC(CC)Oc1cccc(F)c1)N(C)C.I. The molecule has 0 fully saturated rings. The number of nitrogens with one attached hydrogen (secondary N) is 1. The molecule has 21 heavy (non-hydrogen) atoms. The number of benzene rings is 1.